The fourth-order valence-electron chi connectivity index (χ4n) is 5.50. The van der Waals surface area contributed by atoms with Crippen LogP contribution in [0.25, 0.3) is 22.1 Å². The lowest BCUT2D eigenvalue weighted by Crippen LogP contribution is -2.10. The van der Waals surface area contributed by atoms with Gasteiger partial charge in [0.15, 0.2) is 0 Å². The molecule has 6 nitrogen and oxygen atoms in total. The molecule has 7 heteroatoms. The molecule has 0 aliphatic carbocycles. The van der Waals surface area contributed by atoms with Crippen LogP contribution >= 0.6 is 22.6 Å². The topological polar surface area (TPSA) is 67.1 Å². The van der Waals surface area contributed by atoms with Crippen LogP contribution in [-0.2, 0) is 26.4 Å². The van der Waals surface area contributed by atoms with Gasteiger partial charge in [-0.3, -0.25) is 4.79 Å². The summed E-state index contributed by atoms with van der Waals surface area (Å²) in [5.74, 6) is 2.05. The van der Waals surface area contributed by atoms with E-state index in [1.807, 2.05) is 133 Å². The highest BCUT2D eigenvalue weighted by Crippen LogP contribution is 2.39. The number of ether oxygens (including phenoxy) is 4. The Morgan fingerprint density at radius 2 is 0.940 bits per heavy atom. The largest absolute Gasteiger partial charge is 0.489 e. The summed E-state index contributed by atoms with van der Waals surface area (Å²) in [6.45, 7) is 1.31. The lowest BCUT2D eigenvalue weighted by Gasteiger charge is -2.17. The first-order valence-electron chi connectivity index (χ1n) is 16.2. The van der Waals surface area contributed by atoms with E-state index in [9.17, 15) is 4.79 Å². The van der Waals surface area contributed by atoms with Crippen molar-refractivity contribution in [2.75, 3.05) is 0 Å². The molecule has 248 valence electrons. The van der Waals surface area contributed by atoms with Gasteiger partial charge in [0, 0.05) is 23.8 Å². The summed E-state index contributed by atoms with van der Waals surface area (Å²) < 4.78 is 32.2. The molecule has 50 heavy (non-hydrogen) atoms. The second-order valence-corrected chi connectivity index (χ2v) is 12.8. The zero-order valence-electron chi connectivity index (χ0n) is 27.1. The van der Waals surface area contributed by atoms with Crippen molar-refractivity contribution in [2.45, 2.75) is 26.4 Å². The van der Waals surface area contributed by atoms with Crippen molar-refractivity contribution in [2.24, 2.45) is 0 Å². The van der Waals surface area contributed by atoms with Crippen LogP contribution in [0, 0.1) is 3.57 Å². The molecule has 0 radical (unpaired) electrons. The van der Waals surface area contributed by atoms with E-state index in [0.29, 0.717) is 64.9 Å². The second kappa shape index (κ2) is 15.8. The van der Waals surface area contributed by atoms with E-state index >= 15 is 0 Å². The van der Waals surface area contributed by atoms with Crippen molar-refractivity contribution in [1.29, 1.82) is 0 Å². The van der Waals surface area contributed by atoms with Crippen molar-refractivity contribution in [3.8, 4) is 34.1 Å². The van der Waals surface area contributed by atoms with Crippen LogP contribution in [0.15, 0.2) is 161 Å². The van der Waals surface area contributed by atoms with E-state index < -0.39 is 0 Å². The number of rotatable bonds is 13. The average Bonchev–Trinajstić information content (AvgIpc) is 3.17. The fraction of sp³-hybridized carbons (Fsp3) is 0.0930. The summed E-state index contributed by atoms with van der Waals surface area (Å²) in [7, 11) is 0. The molecule has 0 atom stereocenters. The summed E-state index contributed by atoms with van der Waals surface area (Å²) in [5, 5.41) is 0.318. The standard InChI is InChI=1S/C43H33IO6/c44-37-23-35(38(47-26-31-15-7-2-8-16-31)24-39(37)48-27-32-17-9-3-10-18-32)36-29-50-41-22-34(46-25-30-13-5-1-6-14-30)21-40(42(41)43(36)45)49-28-33-19-11-4-12-20-33/h1-24,29H,25-28H2. The molecular formula is C43H33IO6. The van der Waals surface area contributed by atoms with Gasteiger partial charge in [0.2, 0.25) is 5.43 Å². The maximum Gasteiger partial charge on any atom is 0.204 e. The van der Waals surface area contributed by atoms with Gasteiger partial charge in [-0.05, 0) is 50.9 Å². The van der Waals surface area contributed by atoms with Crippen LogP contribution in [0.2, 0.25) is 0 Å². The van der Waals surface area contributed by atoms with Gasteiger partial charge < -0.3 is 23.4 Å². The third kappa shape index (κ3) is 8.01. The van der Waals surface area contributed by atoms with E-state index in [2.05, 4.69) is 22.6 Å². The van der Waals surface area contributed by atoms with Crippen LogP contribution in [0.3, 0.4) is 0 Å². The first kappa shape index (κ1) is 33.0. The van der Waals surface area contributed by atoms with Gasteiger partial charge in [-0.15, -0.1) is 0 Å². The van der Waals surface area contributed by atoms with E-state index in [4.69, 9.17) is 23.4 Å². The van der Waals surface area contributed by atoms with Crippen LogP contribution in [0.1, 0.15) is 22.3 Å². The molecule has 0 aliphatic rings. The van der Waals surface area contributed by atoms with Gasteiger partial charge in [0.05, 0.1) is 9.13 Å². The first-order chi connectivity index (χ1) is 24.6. The minimum atomic E-state index is -0.248. The molecule has 7 rings (SSSR count). The van der Waals surface area contributed by atoms with Crippen molar-refractivity contribution in [1.82, 2.24) is 0 Å². The molecule has 0 saturated heterocycles. The maximum atomic E-state index is 14.5. The Balaban J connectivity index is 1.28. The number of benzene rings is 6. The quantitative estimate of drug-likeness (QED) is 0.109. The third-order valence-corrected chi connectivity index (χ3v) is 8.94. The minimum absolute atomic E-state index is 0.248. The number of hydrogen-bond acceptors (Lipinski definition) is 6. The molecule has 0 amide bonds. The predicted molar refractivity (Wildman–Crippen MR) is 204 cm³/mol. The lowest BCUT2D eigenvalue weighted by molar-refractivity contribution is 0.289. The highest BCUT2D eigenvalue weighted by atomic mass is 127. The Morgan fingerprint density at radius 1 is 0.480 bits per heavy atom. The highest BCUT2D eigenvalue weighted by molar-refractivity contribution is 14.1. The SMILES string of the molecule is O=c1c(-c2cc(I)c(OCc3ccccc3)cc2OCc2ccccc2)coc2cc(OCc3ccccc3)cc(OCc3ccccc3)c12. The summed E-state index contributed by atoms with van der Waals surface area (Å²) in [6, 6.07) is 46.8. The van der Waals surface area contributed by atoms with E-state index in [1.54, 1.807) is 12.1 Å². The summed E-state index contributed by atoms with van der Waals surface area (Å²) in [6.07, 6.45) is 1.48. The zero-order chi connectivity index (χ0) is 34.1. The Labute approximate surface area is 304 Å². The maximum absolute atomic E-state index is 14.5. The summed E-state index contributed by atoms with van der Waals surface area (Å²) >= 11 is 2.23. The van der Waals surface area contributed by atoms with Gasteiger partial charge in [-0.1, -0.05) is 121 Å². The van der Waals surface area contributed by atoms with Gasteiger partial charge in [0.25, 0.3) is 0 Å². The van der Waals surface area contributed by atoms with Gasteiger partial charge >= 0.3 is 0 Å². The molecule has 0 N–H and O–H groups in total. The van der Waals surface area contributed by atoms with Gasteiger partial charge in [0.1, 0.15) is 66.7 Å². The molecule has 1 aromatic heterocycles. The zero-order valence-corrected chi connectivity index (χ0v) is 29.2. The number of halogens is 1. The average molecular weight is 773 g/mol. The molecule has 0 aliphatic heterocycles. The van der Waals surface area contributed by atoms with Crippen molar-refractivity contribution in [3.63, 3.8) is 0 Å². The Hall–Kier alpha value is -5.54. The molecule has 0 spiro atoms. The molecule has 7 aromatic rings. The van der Waals surface area contributed by atoms with Gasteiger partial charge in [-0.2, -0.15) is 0 Å². The van der Waals surface area contributed by atoms with E-state index in [0.717, 1.165) is 25.8 Å². The monoisotopic (exact) mass is 772 g/mol. The van der Waals surface area contributed by atoms with Crippen LogP contribution in [0.4, 0.5) is 0 Å². The number of hydrogen-bond donors (Lipinski definition) is 0. The Bertz CT molecular complexity index is 2240. The third-order valence-electron chi connectivity index (χ3n) is 8.10. The predicted octanol–water partition coefficient (Wildman–Crippen LogP) is 10.4. The number of fused-ring (bicyclic) bond motifs is 1. The molecule has 6 aromatic carbocycles. The summed E-state index contributed by atoms with van der Waals surface area (Å²) in [5.41, 5.74) is 5.07. The second-order valence-electron chi connectivity index (χ2n) is 11.6. The molecule has 0 saturated carbocycles. The molecule has 0 unspecified atom stereocenters. The Morgan fingerprint density at radius 3 is 1.46 bits per heavy atom. The van der Waals surface area contributed by atoms with E-state index in [1.165, 1.54) is 6.26 Å². The smallest absolute Gasteiger partial charge is 0.204 e. The van der Waals surface area contributed by atoms with Crippen LogP contribution < -0.4 is 24.4 Å². The Kier molecular flexibility index (Phi) is 10.4. The molecule has 1 heterocycles. The van der Waals surface area contributed by atoms with Gasteiger partial charge in [-0.25, -0.2) is 0 Å². The van der Waals surface area contributed by atoms with Crippen LogP contribution in [-0.4, -0.2) is 0 Å². The van der Waals surface area contributed by atoms with E-state index in [-0.39, 0.29) is 12.0 Å². The fourth-order valence-corrected chi connectivity index (χ4v) is 6.12. The minimum Gasteiger partial charge on any atom is -0.489 e. The van der Waals surface area contributed by atoms with Crippen molar-refractivity contribution < 1.29 is 23.4 Å². The lowest BCUT2D eigenvalue weighted by atomic mass is 10.0. The summed E-state index contributed by atoms with van der Waals surface area (Å²) in [4.78, 5) is 14.5. The highest BCUT2D eigenvalue weighted by Gasteiger charge is 2.21. The van der Waals surface area contributed by atoms with Crippen LogP contribution in [0.5, 0.6) is 23.0 Å². The molecular weight excluding hydrogens is 739 g/mol. The van der Waals surface area contributed by atoms with Crippen molar-refractivity contribution in [3.05, 3.63) is 188 Å². The normalized spacial score (nSPS) is 10.9. The molecule has 0 bridgehead atoms. The first-order valence-corrected chi connectivity index (χ1v) is 17.3. The van der Waals surface area contributed by atoms with Crippen molar-refractivity contribution >= 4 is 33.6 Å². The molecule has 0 fully saturated rings.